The maximum absolute atomic E-state index is 13.1. The Morgan fingerprint density at radius 1 is 0.821 bits per heavy atom. The number of hydrogen-bond donors (Lipinski definition) is 1. The molecule has 5 rings (SSSR count). The molecule has 0 bridgehead atoms. The molecule has 196 valence electrons. The third kappa shape index (κ3) is 6.16. The molecule has 0 aromatic heterocycles. The SMILES string of the molecule is CCOc1ccc(N2C(=O)c3ccc(Oc4ccc(NC(=O)CSc5ccc(Br)cc5)cc4)cc3C2=O)cc1. The fourth-order valence-electron chi connectivity index (χ4n) is 4.00. The molecule has 4 aromatic carbocycles. The minimum atomic E-state index is -0.413. The molecule has 1 aliphatic rings. The van der Waals surface area contributed by atoms with Crippen LogP contribution in [0.2, 0.25) is 0 Å². The number of thioether (sulfide) groups is 1. The number of nitrogens with zero attached hydrogens (tertiary/aromatic N) is 1. The lowest BCUT2D eigenvalue weighted by molar-refractivity contribution is -0.113. The van der Waals surface area contributed by atoms with Crippen LogP contribution in [0.3, 0.4) is 0 Å². The van der Waals surface area contributed by atoms with Crippen LogP contribution in [0.4, 0.5) is 11.4 Å². The molecule has 0 spiro atoms. The van der Waals surface area contributed by atoms with Crippen LogP contribution >= 0.6 is 27.7 Å². The van der Waals surface area contributed by atoms with Gasteiger partial charge in [-0.05, 0) is 97.9 Å². The molecule has 1 heterocycles. The quantitative estimate of drug-likeness (QED) is 0.161. The molecule has 7 nitrogen and oxygen atoms in total. The van der Waals surface area contributed by atoms with Crippen LogP contribution in [-0.2, 0) is 4.79 Å². The van der Waals surface area contributed by atoms with Crippen LogP contribution < -0.4 is 19.7 Å². The number of anilines is 2. The Morgan fingerprint density at radius 2 is 1.46 bits per heavy atom. The lowest BCUT2D eigenvalue weighted by Crippen LogP contribution is -2.29. The van der Waals surface area contributed by atoms with Gasteiger partial charge in [-0.25, -0.2) is 4.90 Å². The largest absolute Gasteiger partial charge is 0.494 e. The zero-order valence-corrected chi connectivity index (χ0v) is 23.3. The Balaban J connectivity index is 1.21. The van der Waals surface area contributed by atoms with Gasteiger partial charge in [0.25, 0.3) is 11.8 Å². The summed E-state index contributed by atoms with van der Waals surface area (Å²) in [6, 6.07) is 26.4. The molecule has 0 radical (unpaired) electrons. The van der Waals surface area contributed by atoms with Gasteiger partial charge in [0.05, 0.1) is 29.2 Å². The van der Waals surface area contributed by atoms with Crippen LogP contribution in [0.5, 0.6) is 17.2 Å². The van der Waals surface area contributed by atoms with Crippen molar-refractivity contribution in [3.8, 4) is 17.2 Å². The van der Waals surface area contributed by atoms with Crippen molar-refractivity contribution in [2.75, 3.05) is 22.6 Å². The van der Waals surface area contributed by atoms with E-state index in [4.69, 9.17) is 9.47 Å². The highest BCUT2D eigenvalue weighted by atomic mass is 79.9. The summed E-state index contributed by atoms with van der Waals surface area (Å²) in [6.07, 6.45) is 0. The topological polar surface area (TPSA) is 84.9 Å². The maximum Gasteiger partial charge on any atom is 0.266 e. The first-order chi connectivity index (χ1) is 18.9. The van der Waals surface area contributed by atoms with Gasteiger partial charge in [0.15, 0.2) is 0 Å². The average molecular weight is 603 g/mol. The van der Waals surface area contributed by atoms with E-state index in [9.17, 15) is 14.4 Å². The van der Waals surface area contributed by atoms with E-state index < -0.39 is 5.91 Å². The molecule has 39 heavy (non-hydrogen) atoms. The number of imide groups is 1. The number of carbonyl (C=O) groups excluding carboxylic acids is 3. The predicted molar refractivity (Wildman–Crippen MR) is 155 cm³/mol. The zero-order chi connectivity index (χ0) is 27.4. The van der Waals surface area contributed by atoms with Crippen molar-refractivity contribution in [1.29, 1.82) is 0 Å². The molecule has 0 fully saturated rings. The monoisotopic (exact) mass is 602 g/mol. The van der Waals surface area contributed by atoms with Crippen molar-refractivity contribution < 1.29 is 23.9 Å². The molecule has 4 aromatic rings. The van der Waals surface area contributed by atoms with E-state index in [-0.39, 0.29) is 23.1 Å². The number of amides is 3. The highest BCUT2D eigenvalue weighted by Gasteiger charge is 2.37. The summed E-state index contributed by atoms with van der Waals surface area (Å²) < 4.78 is 12.4. The van der Waals surface area contributed by atoms with Crippen LogP contribution in [0.1, 0.15) is 27.6 Å². The highest BCUT2D eigenvalue weighted by Crippen LogP contribution is 2.33. The third-order valence-electron chi connectivity index (χ3n) is 5.82. The molecule has 1 aliphatic heterocycles. The summed E-state index contributed by atoms with van der Waals surface area (Å²) in [4.78, 5) is 40.5. The number of hydrogen-bond acceptors (Lipinski definition) is 6. The molecule has 0 unspecified atom stereocenters. The Bertz CT molecular complexity index is 1520. The summed E-state index contributed by atoms with van der Waals surface area (Å²) in [5.41, 5.74) is 1.71. The number of rotatable bonds is 9. The van der Waals surface area contributed by atoms with Crippen LogP contribution in [0.15, 0.2) is 100 Å². The Labute approximate surface area is 238 Å². The number of ether oxygens (including phenoxy) is 2. The molecule has 1 N–H and O–H groups in total. The smallest absolute Gasteiger partial charge is 0.266 e. The number of carbonyl (C=O) groups is 3. The van der Waals surface area contributed by atoms with Gasteiger partial charge in [0.1, 0.15) is 17.2 Å². The molecule has 0 saturated carbocycles. The normalized spacial score (nSPS) is 12.3. The van der Waals surface area contributed by atoms with E-state index in [0.29, 0.717) is 40.8 Å². The van der Waals surface area contributed by atoms with Gasteiger partial charge in [-0.15, -0.1) is 11.8 Å². The van der Waals surface area contributed by atoms with E-state index in [1.807, 2.05) is 31.2 Å². The van der Waals surface area contributed by atoms with E-state index >= 15 is 0 Å². The molecule has 9 heteroatoms. The molecule has 0 atom stereocenters. The summed E-state index contributed by atoms with van der Waals surface area (Å²) >= 11 is 4.85. The van der Waals surface area contributed by atoms with Gasteiger partial charge >= 0.3 is 0 Å². The van der Waals surface area contributed by atoms with Crippen molar-refractivity contribution in [2.45, 2.75) is 11.8 Å². The molecule has 3 amide bonds. The van der Waals surface area contributed by atoms with Gasteiger partial charge < -0.3 is 14.8 Å². The molecular weight excluding hydrogens is 580 g/mol. The third-order valence-corrected chi connectivity index (χ3v) is 7.36. The van der Waals surface area contributed by atoms with Crippen molar-refractivity contribution >= 4 is 56.8 Å². The van der Waals surface area contributed by atoms with Gasteiger partial charge in [-0.1, -0.05) is 15.9 Å². The van der Waals surface area contributed by atoms with Crippen molar-refractivity contribution in [2.24, 2.45) is 0 Å². The van der Waals surface area contributed by atoms with Gasteiger partial charge in [-0.3, -0.25) is 14.4 Å². The van der Waals surface area contributed by atoms with Gasteiger partial charge in [0, 0.05) is 15.1 Å². The second-order valence-corrected chi connectivity index (χ2v) is 10.5. The number of fused-ring (bicyclic) bond motifs is 1. The molecular formula is C30H23BrN2O5S. The van der Waals surface area contributed by atoms with Crippen LogP contribution in [0.25, 0.3) is 0 Å². The highest BCUT2D eigenvalue weighted by molar-refractivity contribution is 9.10. The second-order valence-electron chi connectivity index (χ2n) is 8.50. The predicted octanol–water partition coefficient (Wildman–Crippen LogP) is 7.17. The van der Waals surface area contributed by atoms with E-state index in [1.165, 1.54) is 11.8 Å². The summed E-state index contributed by atoms with van der Waals surface area (Å²) in [7, 11) is 0. The summed E-state index contributed by atoms with van der Waals surface area (Å²) in [5, 5.41) is 2.87. The van der Waals surface area contributed by atoms with E-state index in [0.717, 1.165) is 14.3 Å². The first-order valence-electron chi connectivity index (χ1n) is 12.1. The van der Waals surface area contributed by atoms with E-state index in [1.54, 1.807) is 66.7 Å². The van der Waals surface area contributed by atoms with Crippen molar-refractivity contribution in [1.82, 2.24) is 0 Å². The van der Waals surface area contributed by atoms with Gasteiger partial charge in [-0.2, -0.15) is 0 Å². The second kappa shape index (κ2) is 11.8. The number of halogens is 1. The Hall–Kier alpha value is -4.08. The zero-order valence-electron chi connectivity index (χ0n) is 20.8. The lowest BCUT2D eigenvalue weighted by Gasteiger charge is -2.14. The van der Waals surface area contributed by atoms with Gasteiger partial charge in [0.2, 0.25) is 5.91 Å². The maximum atomic E-state index is 13.1. The summed E-state index contributed by atoms with van der Waals surface area (Å²) in [6.45, 7) is 2.41. The van der Waals surface area contributed by atoms with Crippen molar-refractivity contribution in [3.05, 3.63) is 107 Å². The van der Waals surface area contributed by atoms with E-state index in [2.05, 4.69) is 21.2 Å². The average Bonchev–Trinajstić information content (AvgIpc) is 3.19. The number of benzene rings is 4. The Morgan fingerprint density at radius 3 is 2.15 bits per heavy atom. The standard InChI is InChI=1S/C30H23BrN2O5S/c1-2-37-22-11-7-21(8-12-22)33-29(35)26-16-13-24(17-27(26)30(33)36)38-23-9-5-20(6-10-23)32-28(34)18-39-25-14-3-19(31)4-15-25/h3-17H,2,18H2,1H3,(H,32,34). The fraction of sp³-hybridized carbons (Fsp3) is 0.100. The molecule has 0 saturated heterocycles. The molecule has 0 aliphatic carbocycles. The first kappa shape index (κ1) is 26.5. The minimum Gasteiger partial charge on any atom is -0.494 e. The number of nitrogens with one attached hydrogen (secondary N) is 1. The fourth-order valence-corrected chi connectivity index (χ4v) is 4.96. The van der Waals surface area contributed by atoms with Crippen LogP contribution in [-0.4, -0.2) is 30.1 Å². The minimum absolute atomic E-state index is 0.115. The first-order valence-corrected chi connectivity index (χ1v) is 13.9. The Kier molecular flexibility index (Phi) is 7.99. The van der Waals surface area contributed by atoms with Crippen molar-refractivity contribution in [3.63, 3.8) is 0 Å². The lowest BCUT2D eigenvalue weighted by atomic mass is 10.1. The van der Waals surface area contributed by atoms with Crippen LogP contribution in [0, 0.1) is 0 Å². The summed E-state index contributed by atoms with van der Waals surface area (Å²) in [5.74, 6) is 0.987.